The Balaban J connectivity index is 1.74. The maximum Gasteiger partial charge on any atom is 0.293 e. The number of oxazole rings is 1. The number of aliphatic hydroxyl groups is 1. The van der Waals surface area contributed by atoms with E-state index < -0.39 is 22.0 Å². The van der Waals surface area contributed by atoms with Gasteiger partial charge in [-0.15, -0.1) is 0 Å². The zero-order valence-electron chi connectivity index (χ0n) is 14.6. The summed E-state index contributed by atoms with van der Waals surface area (Å²) in [4.78, 5) is 16.4. The van der Waals surface area contributed by atoms with Crippen LogP contribution in [0, 0.1) is 13.8 Å². The molecule has 1 aromatic heterocycles. The van der Waals surface area contributed by atoms with Crippen molar-refractivity contribution in [2.24, 2.45) is 0 Å². The molecular weight excluding hydrogens is 358 g/mol. The summed E-state index contributed by atoms with van der Waals surface area (Å²) in [6, 6.07) is 5.91. The van der Waals surface area contributed by atoms with E-state index in [1.807, 2.05) is 0 Å². The summed E-state index contributed by atoms with van der Waals surface area (Å²) in [6.45, 7) is 3.82. The van der Waals surface area contributed by atoms with E-state index in [9.17, 15) is 18.3 Å². The monoisotopic (exact) mass is 379 g/mol. The van der Waals surface area contributed by atoms with Crippen LogP contribution in [0.15, 0.2) is 33.6 Å². The number of sulfonamides is 1. The number of β-amino-alcohol motifs (C(OH)–C–C–N with tert-alkyl or cyclic N) is 1. The second-order valence-electron chi connectivity index (χ2n) is 6.29. The van der Waals surface area contributed by atoms with Gasteiger partial charge in [0.1, 0.15) is 0 Å². The van der Waals surface area contributed by atoms with Gasteiger partial charge < -0.3 is 14.8 Å². The van der Waals surface area contributed by atoms with Crippen molar-refractivity contribution < 1.29 is 22.7 Å². The molecule has 1 unspecified atom stereocenters. The summed E-state index contributed by atoms with van der Waals surface area (Å²) < 4.78 is 31.8. The molecule has 0 aliphatic carbocycles. The number of carbonyl (C=O) groups excluding carboxylic acids is 1. The molecule has 3 rings (SSSR count). The molecule has 1 aromatic carbocycles. The van der Waals surface area contributed by atoms with Gasteiger partial charge in [-0.1, -0.05) is 0 Å². The minimum absolute atomic E-state index is 0.102. The van der Waals surface area contributed by atoms with Gasteiger partial charge in [0.05, 0.1) is 16.7 Å². The van der Waals surface area contributed by atoms with E-state index in [2.05, 4.69) is 10.3 Å². The molecule has 0 spiro atoms. The SMILES string of the molecule is Cc1nc(C)c(C(=O)Nc2ccc(S(=O)(=O)N3CCCC(O)C3)cc2)o1. The van der Waals surface area contributed by atoms with Crippen LogP contribution in [-0.4, -0.2) is 47.9 Å². The van der Waals surface area contributed by atoms with E-state index in [1.54, 1.807) is 13.8 Å². The predicted octanol–water partition coefficient (Wildman–Crippen LogP) is 1.69. The lowest BCUT2D eigenvalue weighted by molar-refractivity contribution is 0.0994. The van der Waals surface area contributed by atoms with Gasteiger partial charge in [0.15, 0.2) is 5.89 Å². The fourth-order valence-corrected chi connectivity index (χ4v) is 4.44. The molecule has 1 aliphatic rings. The molecular formula is C17H21N3O5S. The van der Waals surface area contributed by atoms with Gasteiger partial charge >= 0.3 is 0 Å². The number of amides is 1. The van der Waals surface area contributed by atoms with Crippen molar-refractivity contribution in [3.05, 3.63) is 41.6 Å². The van der Waals surface area contributed by atoms with E-state index in [1.165, 1.54) is 28.6 Å². The van der Waals surface area contributed by atoms with Crippen LogP contribution in [0.1, 0.15) is 35.0 Å². The van der Waals surface area contributed by atoms with Gasteiger partial charge in [0.25, 0.3) is 5.91 Å². The van der Waals surface area contributed by atoms with E-state index >= 15 is 0 Å². The zero-order chi connectivity index (χ0) is 18.9. The maximum absolute atomic E-state index is 12.6. The molecule has 26 heavy (non-hydrogen) atoms. The number of hydrogen-bond acceptors (Lipinski definition) is 6. The Morgan fingerprint density at radius 2 is 2.00 bits per heavy atom. The second-order valence-corrected chi connectivity index (χ2v) is 8.22. The summed E-state index contributed by atoms with van der Waals surface area (Å²) in [7, 11) is -3.66. The fraction of sp³-hybridized carbons (Fsp3) is 0.412. The predicted molar refractivity (Wildman–Crippen MR) is 94.4 cm³/mol. The first-order chi connectivity index (χ1) is 12.3. The number of aromatic nitrogens is 1. The van der Waals surface area contributed by atoms with Gasteiger partial charge in [-0.3, -0.25) is 4.79 Å². The molecule has 2 N–H and O–H groups in total. The molecule has 1 saturated heterocycles. The molecule has 140 valence electrons. The largest absolute Gasteiger partial charge is 0.436 e. The molecule has 1 fully saturated rings. The van der Waals surface area contributed by atoms with Crippen molar-refractivity contribution in [1.82, 2.24) is 9.29 Å². The second kappa shape index (κ2) is 7.18. The number of hydrogen-bond donors (Lipinski definition) is 2. The topological polar surface area (TPSA) is 113 Å². The first-order valence-electron chi connectivity index (χ1n) is 8.31. The summed E-state index contributed by atoms with van der Waals surface area (Å²) in [5, 5.41) is 12.4. The Hall–Kier alpha value is -2.23. The van der Waals surface area contributed by atoms with Crippen molar-refractivity contribution in [1.29, 1.82) is 0 Å². The van der Waals surface area contributed by atoms with Crippen molar-refractivity contribution in [3.63, 3.8) is 0 Å². The van der Waals surface area contributed by atoms with E-state index in [0.717, 1.165) is 0 Å². The van der Waals surface area contributed by atoms with Crippen LogP contribution in [0.5, 0.6) is 0 Å². The van der Waals surface area contributed by atoms with Crippen LogP contribution in [0.4, 0.5) is 5.69 Å². The minimum Gasteiger partial charge on any atom is -0.436 e. The van der Waals surface area contributed by atoms with E-state index in [0.29, 0.717) is 36.7 Å². The van der Waals surface area contributed by atoms with E-state index in [-0.39, 0.29) is 17.2 Å². The number of aryl methyl sites for hydroxylation is 2. The van der Waals surface area contributed by atoms with Crippen LogP contribution in [0.25, 0.3) is 0 Å². The highest BCUT2D eigenvalue weighted by Gasteiger charge is 2.29. The summed E-state index contributed by atoms with van der Waals surface area (Å²) in [5.41, 5.74) is 0.934. The Morgan fingerprint density at radius 3 is 2.58 bits per heavy atom. The Bertz CT molecular complexity index is 905. The highest BCUT2D eigenvalue weighted by Crippen LogP contribution is 2.22. The van der Waals surface area contributed by atoms with Gasteiger partial charge in [-0.2, -0.15) is 4.31 Å². The Labute approximate surface area is 151 Å². The molecule has 9 heteroatoms. The third-order valence-corrected chi connectivity index (χ3v) is 6.10. The fourth-order valence-electron chi connectivity index (χ4n) is 2.93. The highest BCUT2D eigenvalue weighted by atomic mass is 32.2. The third kappa shape index (κ3) is 3.79. The number of piperidine rings is 1. The number of anilines is 1. The number of rotatable bonds is 4. The van der Waals surface area contributed by atoms with Crippen LogP contribution in [0.3, 0.4) is 0 Å². The van der Waals surface area contributed by atoms with E-state index in [4.69, 9.17) is 4.42 Å². The van der Waals surface area contributed by atoms with Gasteiger partial charge in [-0.25, -0.2) is 13.4 Å². The Morgan fingerprint density at radius 1 is 1.31 bits per heavy atom. The number of carbonyl (C=O) groups is 1. The van der Waals surface area contributed by atoms with Crippen molar-refractivity contribution in [2.75, 3.05) is 18.4 Å². The van der Waals surface area contributed by atoms with Gasteiger partial charge in [0.2, 0.25) is 15.8 Å². The molecule has 0 radical (unpaired) electrons. The van der Waals surface area contributed by atoms with Crippen LogP contribution < -0.4 is 5.32 Å². The molecule has 8 nitrogen and oxygen atoms in total. The maximum atomic E-state index is 12.6. The third-order valence-electron chi connectivity index (χ3n) is 4.22. The molecule has 2 aromatic rings. The lowest BCUT2D eigenvalue weighted by Gasteiger charge is -2.29. The van der Waals surface area contributed by atoms with Crippen molar-refractivity contribution in [3.8, 4) is 0 Å². The normalized spacial score (nSPS) is 18.7. The van der Waals surface area contributed by atoms with Crippen molar-refractivity contribution >= 4 is 21.6 Å². The molecule has 0 saturated carbocycles. The Kier molecular flexibility index (Phi) is 5.12. The molecule has 0 bridgehead atoms. The average Bonchev–Trinajstić information content (AvgIpc) is 2.94. The molecule has 1 atom stereocenters. The van der Waals surface area contributed by atoms with Crippen molar-refractivity contribution in [2.45, 2.75) is 37.7 Å². The number of nitrogens with one attached hydrogen (secondary N) is 1. The number of benzene rings is 1. The molecule has 1 amide bonds. The molecule has 2 heterocycles. The summed E-state index contributed by atoms with van der Waals surface area (Å²) in [6.07, 6.45) is 0.604. The lowest BCUT2D eigenvalue weighted by Crippen LogP contribution is -2.42. The van der Waals surface area contributed by atoms with Gasteiger partial charge in [0, 0.05) is 25.7 Å². The zero-order valence-corrected chi connectivity index (χ0v) is 15.4. The van der Waals surface area contributed by atoms with Gasteiger partial charge in [-0.05, 0) is 44.0 Å². The smallest absolute Gasteiger partial charge is 0.293 e. The number of nitrogens with zero attached hydrogens (tertiary/aromatic N) is 2. The highest BCUT2D eigenvalue weighted by molar-refractivity contribution is 7.89. The van der Waals surface area contributed by atoms with Crippen LogP contribution in [-0.2, 0) is 10.0 Å². The quantitative estimate of drug-likeness (QED) is 0.836. The van der Waals surface area contributed by atoms with Crippen LogP contribution in [0.2, 0.25) is 0 Å². The van der Waals surface area contributed by atoms with Crippen LogP contribution >= 0.6 is 0 Å². The first kappa shape index (κ1) is 18.6. The first-order valence-corrected chi connectivity index (χ1v) is 9.75. The summed E-state index contributed by atoms with van der Waals surface area (Å²) >= 11 is 0. The summed E-state index contributed by atoms with van der Waals surface area (Å²) in [5.74, 6) is 0.0807. The molecule has 1 aliphatic heterocycles. The lowest BCUT2D eigenvalue weighted by atomic mass is 10.1. The number of aliphatic hydroxyl groups excluding tert-OH is 1. The minimum atomic E-state index is -3.66. The average molecular weight is 379 g/mol. The standard InChI is InChI=1S/C17H21N3O5S/c1-11-16(25-12(2)18-11)17(22)19-13-5-7-15(8-6-13)26(23,24)20-9-3-4-14(21)10-20/h5-8,14,21H,3-4,9-10H2,1-2H3,(H,19,22).